The Kier molecular flexibility index (Phi) is 3.53. The Morgan fingerprint density at radius 3 is 3.22 bits per heavy atom. The lowest BCUT2D eigenvalue weighted by molar-refractivity contribution is 0.123. The molecule has 0 radical (unpaired) electrons. The molecule has 2 aromatic rings. The lowest BCUT2D eigenvalue weighted by atomic mass is 9.97. The first-order valence-electron chi connectivity index (χ1n) is 6.53. The van der Waals surface area contributed by atoms with E-state index >= 15 is 0 Å². The first kappa shape index (κ1) is 11.6. The van der Waals surface area contributed by atoms with Gasteiger partial charge in [0, 0.05) is 30.9 Å². The molecule has 3 nitrogen and oxygen atoms in total. The van der Waals surface area contributed by atoms with Gasteiger partial charge in [-0.15, -0.1) is 0 Å². The molecule has 1 atom stereocenters. The van der Waals surface area contributed by atoms with Crippen molar-refractivity contribution < 1.29 is 4.74 Å². The van der Waals surface area contributed by atoms with Crippen LogP contribution < -0.4 is 5.32 Å². The Balaban J connectivity index is 1.85. The lowest BCUT2D eigenvalue weighted by Gasteiger charge is -2.14. The Morgan fingerprint density at radius 2 is 2.22 bits per heavy atom. The van der Waals surface area contributed by atoms with Gasteiger partial charge in [0.25, 0.3) is 0 Å². The summed E-state index contributed by atoms with van der Waals surface area (Å²) in [5.74, 6) is 0.542. The van der Waals surface area contributed by atoms with Crippen LogP contribution in [0, 0.1) is 5.92 Å². The zero-order valence-corrected chi connectivity index (χ0v) is 10.4. The van der Waals surface area contributed by atoms with E-state index < -0.39 is 0 Å². The average Bonchev–Trinajstić information content (AvgIpc) is 2.68. The SMILES string of the molecule is c1ccc2c(C[C@@H]3CNCCOC3)cncc2c1. The van der Waals surface area contributed by atoms with Crippen LogP contribution in [0.25, 0.3) is 10.8 Å². The fourth-order valence-corrected chi connectivity index (χ4v) is 2.54. The number of fused-ring (bicyclic) bond motifs is 1. The van der Waals surface area contributed by atoms with Crippen molar-refractivity contribution in [2.45, 2.75) is 6.42 Å². The monoisotopic (exact) mass is 242 g/mol. The van der Waals surface area contributed by atoms with E-state index in [1.165, 1.54) is 16.3 Å². The molecule has 0 spiro atoms. The predicted molar refractivity (Wildman–Crippen MR) is 72.6 cm³/mol. The molecule has 3 heteroatoms. The number of nitrogens with one attached hydrogen (secondary N) is 1. The minimum absolute atomic E-state index is 0.542. The highest BCUT2D eigenvalue weighted by molar-refractivity contribution is 5.84. The average molecular weight is 242 g/mol. The van der Waals surface area contributed by atoms with E-state index in [0.29, 0.717) is 5.92 Å². The molecule has 94 valence electrons. The van der Waals surface area contributed by atoms with Gasteiger partial charge in [0.05, 0.1) is 13.2 Å². The predicted octanol–water partition coefficient (Wildman–Crippen LogP) is 2.01. The minimum atomic E-state index is 0.542. The van der Waals surface area contributed by atoms with Crippen LogP contribution in [0.15, 0.2) is 36.7 Å². The molecule has 18 heavy (non-hydrogen) atoms. The van der Waals surface area contributed by atoms with Gasteiger partial charge < -0.3 is 10.1 Å². The van der Waals surface area contributed by atoms with Gasteiger partial charge in [-0.05, 0) is 23.3 Å². The van der Waals surface area contributed by atoms with E-state index in [1.54, 1.807) is 0 Å². The highest BCUT2D eigenvalue weighted by Gasteiger charge is 2.14. The van der Waals surface area contributed by atoms with Crippen molar-refractivity contribution in [3.05, 3.63) is 42.2 Å². The fourth-order valence-electron chi connectivity index (χ4n) is 2.54. The molecule has 0 amide bonds. The molecule has 1 aromatic heterocycles. The van der Waals surface area contributed by atoms with Gasteiger partial charge in [-0.3, -0.25) is 4.98 Å². The van der Waals surface area contributed by atoms with Crippen LogP contribution in [-0.4, -0.2) is 31.3 Å². The summed E-state index contributed by atoms with van der Waals surface area (Å²) in [5, 5.41) is 5.96. The summed E-state index contributed by atoms with van der Waals surface area (Å²) in [6.07, 6.45) is 4.95. The molecule has 2 heterocycles. The van der Waals surface area contributed by atoms with Gasteiger partial charge in [0.2, 0.25) is 0 Å². The molecule has 3 rings (SSSR count). The maximum atomic E-state index is 5.61. The summed E-state index contributed by atoms with van der Waals surface area (Å²) in [6.45, 7) is 3.66. The third-order valence-electron chi connectivity index (χ3n) is 3.47. The van der Waals surface area contributed by atoms with Gasteiger partial charge in [-0.25, -0.2) is 0 Å². The molecule has 0 aliphatic carbocycles. The molecule has 0 unspecified atom stereocenters. The zero-order valence-electron chi connectivity index (χ0n) is 10.4. The van der Waals surface area contributed by atoms with E-state index in [9.17, 15) is 0 Å². The second kappa shape index (κ2) is 5.46. The molecule has 0 saturated carbocycles. The summed E-state index contributed by atoms with van der Waals surface area (Å²) in [7, 11) is 0. The number of hydrogen-bond donors (Lipinski definition) is 1. The van der Waals surface area contributed by atoms with E-state index in [0.717, 1.165) is 32.7 Å². The number of benzene rings is 1. The summed E-state index contributed by atoms with van der Waals surface area (Å²) >= 11 is 0. The van der Waals surface area contributed by atoms with Crippen molar-refractivity contribution in [2.24, 2.45) is 5.92 Å². The largest absolute Gasteiger partial charge is 0.380 e. The standard InChI is InChI=1S/C15H18N2O/c1-2-4-15-13(3-1)9-17-10-14(15)7-12-8-16-5-6-18-11-12/h1-4,9-10,12,16H,5-8,11H2/t12-/m1/s1. The first-order valence-corrected chi connectivity index (χ1v) is 6.53. The molecule has 1 N–H and O–H groups in total. The highest BCUT2D eigenvalue weighted by atomic mass is 16.5. The Labute approximate surface area is 107 Å². The van der Waals surface area contributed by atoms with E-state index in [2.05, 4.69) is 34.6 Å². The second-order valence-electron chi connectivity index (χ2n) is 4.87. The molecule has 1 saturated heterocycles. The fraction of sp³-hybridized carbons (Fsp3) is 0.400. The lowest BCUT2D eigenvalue weighted by Crippen LogP contribution is -2.24. The maximum absolute atomic E-state index is 5.61. The Hall–Kier alpha value is -1.45. The maximum Gasteiger partial charge on any atom is 0.0591 e. The van der Waals surface area contributed by atoms with E-state index in [4.69, 9.17) is 4.74 Å². The van der Waals surface area contributed by atoms with Crippen LogP contribution in [0.2, 0.25) is 0 Å². The van der Waals surface area contributed by atoms with Gasteiger partial charge in [-0.1, -0.05) is 24.3 Å². The van der Waals surface area contributed by atoms with Crippen LogP contribution in [0.4, 0.5) is 0 Å². The molecular formula is C15H18N2O. The van der Waals surface area contributed by atoms with Crippen molar-refractivity contribution >= 4 is 10.8 Å². The number of nitrogens with zero attached hydrogens (tertiary/aromatic N) is 1. The van der Waals surface area contributed by atoms with Crippen LogP contribution >= 0.6 is 0 Å². The van der Waals surface area contributed by atoms with E-state index in [1.807, 2.05) is 12.4 Å². The van der Waals surface area contributed by atoms with Crippen LogP contribution in [0.1, 0.15) is 5.56 Å². The molecule has 1 aliphatic heterocycles. The summed E-state index contributed by atoms with van der Waals surface area (Å²) in [4.78, 5) is 4.34. The Bertz CT molecular complexity index is 513. The first-order chi connectivity index (χ1) is 8.93. The number of pyridine rings is 1. The third-order valence-corrected chi connectivity index (χ3v) is 3.47. The normalized spacial score (nSPS) is 20.8. The summed E-state index contributed by atoms with van der Waals surface area (Å²) in [6, 6.07) is 8.45. The zero-order chi connectivity index (χ0) is 12.2. The van der Waals surface area contributed by atoms with Gasteiger partial charge >= 0.3 is 0 Å². The Morgan fingerprint density at radius 1 is 1.28 bits per heavy atom. The minimum Gasteiger partial charge on any atom is -0.380 e. The quantitative estimate of drug-likeness (QED) is 0.874. The van der Waals surface area contributed by atoms with Crippen LogP contribution in [0.3, 0.4) is 0 Å². The summed E-state index contributed by atoms with van der Waals surface area (Å²) < 4.78 is 5.61. The van der Waals surface area contributed by atoms with Crippen molar-refractivity contribution in [1.82, 2.24) is 10.3 Å². The number of ether oxygens (including phenoxy) is 1. The highest BCUT2D eigenvalue weighted by Crippen LogP contribution is 2.20. The second-order valence-corrected chi connectivity index (χ2v) is 4.87. The number of hydrogen-bond acceptors (Lipinski definition) is 3. The van der Waals surface area contributed by atoms with Gasteiger partial charge in [0.15, 0.2) is 0 Å². The van der Waals surface area contributed by atoms with Crippen molar-refractivity contribution in [3.8, 4) is 0 Å². The van der Waals surface area contributed by atoms with Crippen molar-refractivity contribution in [2.75, 3.05) is 26.3 Å². The molecule has 0 bridgehead atoms. The molecule has 1 aliphatic rings. The van der Waals surface area contributed by atoms with Crippen molar-refractivity contribution in [3.63, 3.8) is 0 Å². The molecule has 1 aromatic carbocycles. The topological polar surface area (TPSA) is 34.1 Å². The molecular weight excluding hydrogens is 224 g/mol. The smallest absolute Gasteiger partial charge is 0.0591 e. The van der Waals surface area contributed by atoms with Crippen LogP contribution in [-0.2, 0) is 11.2 Å². The summed E-state index contributed by atoms with van der Waals surface area (Å²) in [5.41, 5.74) is 1.32. The van der Waals surface area contributed by atoms with Crippen molar-refractivity contribution in [1.29, 1.82) is 0 Å². The van der Waals surface area contributed by atoms with Gasteiger partial charge in [-0.2, -0.15) is 0 Å². The van der Waals surface area contributed by atoms with E-state index in [-0.39, 0.29) is 0 Å². The number of aromatic nitrogens is 1. The van der Waals surface area contributed by atoms with Crippen LogP contribution in [0.5, 0.6) is 0 Å². The third kappa shape index (κ3) is 2.52. The number of rotatable bonds is 2. The molecule has 1 fully saturated rings. The van der Waals surface area contributed by atoms with Gasteiger partial charge in [0.1, 0.15) is 0 Å².